The normalized spacial score (nSPS) is 20.3. The van der Waals surface area contributed by atoms with Crippen LogP contribution in [0.1, 0.15) is 81.2 Å². The smallest absolute Gasteiger partial charge is 0.412 e. The molecule has 3 aromatic carbocycles. The summed E-state index contributed by atoms with van der Waals surface area (Å²) in [5.41, 5.74) is 3.09. The summed E-state index contributed by atoms with van der Waals surface area (Å²) in [4.78, 5) is 69.9. The molecule has 4 bridgehead atoms. The quantitative estimate of drug-likeness (QED) is 0.238. The molecular weight excluding hydrogens is 714 g/mol. The fraction of sp³-hybridized carbons (Fsp3) is 0.465. The molecule has 56 heavy (non-hydrogen) atoms. The number of piperidine rings is 1. The average molecular weight is 770 g/mol. The number of hydrogen-bond donors (Lipinski definition) is 4. The SMILES string of the molecule is COC(C(=O)N[C@H]1CC(=O)N2CCCC(CCOc3ccc(C)c(c3)CNC(=O)[C@H](CCc3ccccc3)NC1=O)C2)c1ccc(NC(=O)OC(C)(C)C)cc1. The molecule has 0 saturated carbocycles. The topological polar surface area (TPSA) is 164 Å². The number of anilines is 1. The van der Waals surface area contributed by atoms with E-state index < -0.39 is 47.6 Å². The molecule has 4 N–H and O–H groups in total. The predicted octanol–water partition coefficient (Wildman–Crippen LogP) is 5.36. The van der Waals surface area contributed by atoms with Crippen LogP contribution in [0.25, 0.3) is 0 Å². The maximum absolute atomic E-state index is 14.2. The molecule has 0 aliphatic carbocycles. The second-order valence-corrected chi connectivity index (χ2v) is 15.5. The van der Waals surface area contributed by atoms with Crippen LogP contribution in [0.3, 0.4) is 0 Å². The molecule has 0 radical (unpaired) electrons. The molecule has 2 heterocycles. The number of carbonyl (C=O) groups is 5. The molecule has 0 spiro atoms. The molecule has 300 valence electrons. The number of hydrogen-bond acceptors (Lipinski definition) is 8. The van der Waals surface area contributed by atoms with Gasteiger partial charge in [-0.2, -0.15) is 0 Å². The van der Waals surface area contributed by atoms with Gasteiger partial charge in [0.15, 0.2) is 6.10 Å². The molecule has 0 aromatic heterocycles. The number of carbonyl (C=O) groups excluding carboxylic acids is 5. The van der Waals surface area contributed by atoms with E-state index in [0.717, 1.165) is 36.0 Å². The van der Waals surface area contributed by atoms with Gasteiger partial charge in [-0.1, -0.05) is 48.5 Å². The van der Waals surface area contributed by atoms with E-state index in [1.165, 1.54) is 7.11 Å². The molecule has 13 heteroatoms. The van der Waals surface area contributed by atoms with Gasteiger partial charge >= 0.3 is 6.09 Å². The zero-order valence-corrected chi connectivity index (χ0v) is 33.0. The second-order valence-electron chi connectivity index (χ2n) is 15.5. The highest BCUT2D eigenvalue weighted by Gasteiger charge is 2.34. The Morgan fingerprint density at radius 1 is 0.982 bits per heavy atom. The van der Waals surface area contributed by atoms with Gasteiger partial charge in [-0.3, -0.25) is 24.5 Å². The summed E-state index contributed by atoms with van der Waals surface area (Å²) >= 11 is 0. The molecule has 4 atom stereocenters. The van der Waals surface area contributed by atoms with E-state index >= 15 is 0 Å². The van der Waals surface area contributed by atoms with Crippen molar-refractivity contribution in [2.45, 2.75) is 96.6 Å². The van der Waals surface area contributed by atoms with Gasteiger partial charge in [0, 0.05) is 32.4 Å². The average Bonchev–Trinajstić information content (AvgIpc) is 3.16. The summed E-state index contributed by atoms with van der Waals surface area (Å²) < 4.78 is 17.0. The number of methoxy groups -OCH3 is 1. The highest BCUT2D eigenvalue weighted by atomic mass is 16.6. The molecule has 1 fully saturated rings. The molecule has 2 aliphatic heterocycles. The first-order chi connectivity index (χ1) is 26.8. The van der Waals surface area contributed by atoms with E-state index in [-0.39, 0.29) is 31.2 Å². The van der Waals surface area contributed by atoms with Crippen LogP contribution >= 0.6 is 0 Å². The fourth-order valence-corrected chi connectivity index (χ4v) is 6.92. The van der Waals surface area contributed by atoms with Crippen LogP contribution in [-0.2, 0) is 41.6 Å². The van der Waals surface area contributed by atoms with Crippen LogP contribution in [-0.4, -0.2) is 79.1 Å². The highest BCUT2D eigenvalue weighted by Crippen LogP contribution is 2.24. The van der Waals surface area contributed by atoms with Gasteiger partial charge in [-0.15, -0.1) is 0 Å². The van der Waals surface area contributed by atoms with Crippen molar-refractivity contribution in [1.29, 1.82) is 0 Å². The van der Waals surface area contributed by atoms with Gasteiger partial charge in [0.2, 0.25) is 17.7 Å². The Morgan fingerprint density at radius 2 is 1.73 bits per heavy atom. The monoisotopic (exact) mass is 769 g/mol. The van der Waals surface area contributed by atoms with Gasteiger partial charge in [0.05, 0.1) is 13.0 Å². The zero-order valence-electron chi connectivity index (χ0n) is 33.0. The lowest BCUT2D eigenvalue weighted by Crippen LogP contribution is -2.56. The lowest BCUT2D eigenvalue weighted by atomic mass is 9.94. The Balaban J connectivity index is 1.39. The lowest BCUT2D eigenvalue weighted by molar-refractivity contribution is -0.140. The Labute approximate surface area is 329 Å². The van der Waals surface area contributed by atoms with E-state index in [1.807, 2.05) is 55.5 Å². The summed E-state index contributed by atoms with van der Waals surface area (Å²) in [6.45, 7) is 8.99. The molecule has 2 unspecified atom stereocenters. The zero-order chi connectivity index (χ0) is 40.2. The van der Waals surface area contributed by atoms with Crippen LogP contribution in [0.15, 0.2) is 72.8 Å². The van der Waals surface area contributed by atoms with Crippen LogP contribution < -0.4 is 26.0 Å². The lowest BCUT2D eigenvalue weighted by Gasteiger charge is -2.34. The van der Waals surface area contributed by atoms with Crippen LogP contribution in [0.2, 0.25) is 0 Å². The van der Waals surface area contributed by atoms with Gasteiger partial charge in [0.1, 0.15) is 23.4 Å². The molecule has 1 saturated heterocycles. The highest BCUT2D eigenvalue weighted by molar-refractivity contribution is 5.96. The van der Waals surface area contributed by atoms with Crippen molar-refractivity contribution in [3.8, 4) is 5.75 Å². The molecule has 3 aromatic rings. The van der Waals surface area contributed by atoms with E-state index in [2.05, 4.69) is 21.3 Å². The van der Waals surface area contributed by atoms with Crippen molar-refractivity contribution in [3.05, 3.63) is 95.1 Å². The number of nitrogens with one attached hydrogen (secondary N) is 4. The first-order valence-corrected chi connectivity index (χ1v) is 19.3. The number of amides is 5. The minimum atomic E-state index is -1.31. The van der Waals surface area contributed by atoms with Crippen molar-refractivity contribution in [3.63, 3.8) is 0 Å². The fourth-order valence-electron chi connectivity index (χ4n) is 6.92. The Bertz CT molecular complexity index is 1830. The van der Waals surface area contributed by atoms with Gasteiger partial charge in [0.25, 0.3) is 5.91 Å². The Kier molecular flexibility index (Phi) is 14.5. The molecular formula is C43H55N5O8. The van der Waals surface area contributed by atoms with Gasteiger partial charge in [-0.25, -0.2) is 4.79 Å². The summed E-state index contributed by atoms with van der Waals surface area (Å²) in [5.74, 6) is -1.06. The van der Waals surface area contributed by atoms with Crippen molar-refractivity contribution in [1.82, 2.24) is 20.9 Å². The number of ether oxygens (including phenoxy) is 3. The van der Waals surface area contributed by atoms with Gasteiger partial charge in [-0.05, 0) is 112 Å². The third-order valence-electron chi connectivity index (χ3n) is 9.98. The molecule has 13 nitrogen and oxygen atoms in total. The van der Waals surface area contributed by atoms with E-state index in [1.54, 1.807) is 49.9 Å². The van der Waals surface area contributed by atoms with Crippen molar-refractivity contribution in [2.24, 2.45) is 5.92 Å². The van der Waals surface area contributed by atoms with Gasteiger partial charge < -0.3 is 35.1 Å². The first-order valence-electron chi connectivity index (χ1n) is 19.3. The summed E-state index contributed by atoms with van der Waals surface area (Å²) in [5, 5.41) is 11.3. The maximum atomic E-state index is 14.2. The maximum Gasteiger partial charge on any atom is 0.412 e. The molecule has 5 rings (SSSR count). The number of fused-ring (bicyclic) bond motifs is 4. The van der Waals surface area contributed by atoms with Crippen molar-refractivity contribution < 1.29 is 38.2 Å². The first kappa shape index (κ1) is 41.7. The summed E-state index contributed by atoms with van der Waals surface area (Å²) in [6.07, 6.45) is 1.18. The Morgan fingerprint density at radius 3 is 2.45 bits per heavy atom. The predicted molar refractivity (Wildman–Crippen MR) is 212 cm³/mol. The largest absolute Gasteiger partial charge is 0.494 e. The van der Waals surface area contributed by atoms with E-state index in [4.69, 9.17) is 14.2 Å². The van der Waals surface area contributed by atoms with E-state index in [9.17, 15) is 24.0 Å². The van der Waals surface area contributed by atoms with E-state index in [0.29, 0.717) is 43.1 Å². The minimum Gasteiger partial charge on any atom is -0.494 e. The number of rotatable bonds is 8. The van der Waals surface area contributed by atoms with Crippen molar-refractivity contribution in [2.75, 3.05) is 32.1 Å². The summed E-state index contributed by atoms with van der Waals surface area (Å²) in [6, 6.07) is 19.6. The minimum absolute atomic E-state index is 0.214. The standard InChI is InChI=1S/C43H55N5O8/c1-28-13-19-34-24-32(28)26-44-39(50)35(20-14-29-10-7-6-8-11-29)46-40(51)36(25-37(49)48-22-9-12-30(27-48)21-23-55-34)47-41(52)38(54-5)31-15-17-33(18-16-31)45-42(53)56-43(2,3)4/h6-8,10-11,13,15-19,24,30,35-36,38H,9,12,14,20-23,25-27H2,1-5H3,(H,44,50)(H,45,53)(H,46,51)(H,47,52)/t30?,35-,36-,38?/m0/s1. The van der Waals surface area contributed by atoms with Crippen LogP contribution in [0.5, 0.6) is 5.75 Å². The summed E-state index contributed by atoms with van der Waals surface area (Å²) in [7, 11) is 1.37. The van der Waals surface area contributed by atoms with Crippen LogP contribution in [0.4, 0.5) is 10.5 Å². The number of aryl methyl sites for hydroxylation is 2. The molecule has 2 aliphatic rings. The Hall–Kier alpha value is -5.43. The number of nitrogens with zero attached hydrogens (tertiary/aromatic N) is 1. The molecule has 5 amide bonds. The van der Waals surface area contributed by atoms with Crippen molar-refractivity contribution >= 4 is 35.4 Å². The van der Waals surface area contributed by atoms with Crippen LogP contribution in [0, 0.1) is 12.8 Å². The second kappa shape index (κ2) is 19.4. The third-order valence-corrected chi connectivity index (χ3v) is 9.98. The number of benzene rings is 3. The third kappa shape index (κ3) is 12.3.